The highest BCUT2D eigenvalue weighted by molar-refractivity contribution is 6.03. The number of ether oxygens (including phenoxy) is 2. The van der Waals surface area contributed by atoms with Crippen molar-refractivity contribution in [1.82, 2.24) is 15.2 Å². The second kappa shape index (κ2) is 8.44. The van der Waals surface area contributed by atoms with Crippen LogP contribution in [0, 0.1) is 5.82 Å². The molecule has 5 rings (SSSR count). The van der Waals surface area contributed by atoms with Gasteiger partial charge in [0.15, 0.2) is 5.84 Å². The fraction of sp³-hybridized carbons (Fsp3) is 0.375. The lowest BCUT2D eigenvalue weighted by Crippen LogP contribution is -2.47. The number of morpholine rings is 1. The van der Waals surface area contributed by atoms with E-state index in [-0.39, 0.29) is 5.82 Å². The molecule has 1 aromatic heterocycles. The van der Waals surface area contributed by atoms with Crippen molar-refractivity contribution < 1.29 is 18.7 Å². The number of aliphatic imine (C=N–C) groups is 1. The molecule has 166 valence electrons. The van der Waals surface area contributed by atoms with Crippen molar-refractivity contribution in [2.45, 2.75) is 18.4 Å². The van der Waals surface area contributed by atoms with Crippen LogP contribution >= 0.6 is 0 Å². The van der Waals surface area contributed by atoms with E-state index in [0.717, 1.165) is 29.9 Å². The molecule has 0 amide bonds. The Morgan fingerprint density at radius 3 is 2.88 bits per heavy atom. The molecule has 3 heterocycles. The van der Waals surface area contributed by atoms with E-state index in [1.165, 1.54) is 13.2 Å². The molecule has 1 saturated heterocycles. The minimum atomic E-state index is -0.949. The molecule has 1 N–H and O–H groups in total. The summed E-state index contributed by atoms with van der Waals surface area (Å²) in [5.41, 5.74) is 2.67. The van der Waals surface area contributed by atoms with Gasteiger partial charge >= 0.3 is 5.97 Å². The maximum atomic E-state index is 14.0. The molecule has 1 fully saturated rings. The van der Waals surface area contributed by atoms with E-state index in [0.29, 0.717) is 49.7 Å². The average Bonchev–Trinajstić information content (AvgIpc) is 3.17. The topological polar surface area (TPSA) is 76.0 Å². The van der Waals surface area contributed by atoms with E-state index in [9.17, 15) is 9.18 Å². The summed E-state index contributed by atoms with van der Waals surface area (Å²) in [6.07, 6.45) is 2.89. The van der Waals surface area contributed by atoms with Gasteiger partial charge in [0.05, 0.1) is 25.9 Å². The van der Waals surface area contributed by atoms with Gasteiger partial charge in [0, 0.05) is 31.5 Å². The highest BCUT2D eigenvalue weighted by Crippen LogP contribution is 2.48. The average molecular weight is 436 g/mol. The lowest BCUT2D eigenvalue weighted by atomic mass is 9.81. The number of carbonyl (C=O) groups is 1. The van der Waals surface area contributed by atoms with Gasteiger partial charge in [0.2, 0.25) is 0 Å². The second-order valence-corrected chi connectivity index (χ2v) is 8.20. The molecule has 1 unspecified atom stereocenters. The first kappa shape index (κ1) is 20.8. The van der Waals surface area contributed by atoms with E-state index < -0.39 is 11.5 Å². The number of pyridine rings is 1. The molecule has 2 aliphatic heterocycles. The van der Waals surface area contributed by atoms with Gasteiger partial charge in [-0.25, -0.2) is 14.2 Å². The molecule has 1 spiro atoms. The maximum absolute atomic E-state index is 14.0. The van der Waals surface area contributed by atoms with Crippen LogP contribution in [0.5, 0.6) is 0 Å². The molecule has 7 nitrogen and oxygen atoms in total. The van der Waals surface area contributed by atoms with Crippen molar-refractivity contribution in [1.29, 1.82) is 0 Å². The molecular weight excluding hydrogens is 411 g/mol. The third kappa shape index (κ3) is 3.59. The summed E-state index contributed by atoms with van der Waals surface area (Å²) in [7, 11) is 1.38. The number of rotatable bonds is 4. The number of hydrogen-bond donors (Lipinski definition) is 1. The summed E-state index contributed by atoms with van der Waals surface area (Å²) in [4.78, 5) is 25.0. The van der Waals surface area contributed by atoms with Crippen LogP contribution in [0.3, 0.4) is 0 Å². The zero-order valence-electron chi connectivity index (χ0n) is 17.9. The third-order valence-electron chi connectivity index (χ3n) is 6.34. The Morgan fingerprint density at radius 1 is 1.28 bits per heavy atom. The number of hydrogen-bond acceptors (Lipinski definition) is 7. The van der Waals surface area contributed by atoms with Crippen molar-refractivity contribution in [2.24, 2.45) is 4.99 Å². The largest absolute Gasteiger partial charge is 0.466 e. The number of esters is 1. The Kier molecular flexibility index (Phi) is 5.48. The van der Waals surface area contributed by atoms with Crippen LogP contribution in [-0.4, -0.2) is 61.6 Å². The minimum Gasteiger partial charge on any atom is -0.466 e. The molecule has 0 radical (unpaired) electrons. The molecule has 1 aromatic carbocycles. The lowest BCUT2D eigenvalue weighted by molar-refractivity contribution is -0.137. The van der Waals surface area contributed by atoms with Gasteiger partial charge in [-0.15, -0.1) is 0 Å². The van der Waals surface area contributed by atoms with E-state index in [4.69, 9.17) is 14.5 Å². The number of halogens is 1. The summed E-state index contributed by atoms with van der Waals surface area (Å²) >= 11 is 0. The third-order valence-corrected chi connectivity index (χ3v) is 6.34. The molecule has 0 bridgehead atoms. The summed E-state index contributed by atoms with van der Waals surface area (Å²) in [5.74, 6) is -0.124. The quantitative estimate of drug-likeness (QED) is 0.741. The van der Waals surface area contributed by atoms with E-state index in [1.54, 1.807) is 18.3 Å². The number of amidine groups is 1. The Balaban J connectivity index is 1.68. The Bertz CT molecular complexity index is 1100. The van der Waals surface area contributed by atoms with Crippen LogP contribution in [0.4, 0.5) is 4.39 Å². The van der Waals surface area contributed by atoms with Crippen molar-refractivity contribution >= 4 is 11.8 Å². The van der Waals surface area contributed by atoms with Gasteiger partial charge in [0.1, 0.15) is 17.1 Å². The van der Waals surface area contributed by atoms with Gasteiger partial charge in [-0.1, -0.05) is 12.1 Å². The Morgan fingerprint density at radius 2 is 2.12 bits per heavy atom. The van der Waals surface area contributed by atoms with Gasteiger partial charge in [-0.05, 0) is 48.2 Å². The summed E-state index contributed by atoms with van der Waals surface area (Å²) in [6, 6.07) is 10.4. The number of nitrogens with zero attached hydrogens (tertiary/aromatic N) is 3. The lowest BCUT2D eigenvalue weighted by Gasteiger charge is -2.37. The minimum absolute atomic E-state index is 0.291. The highest BCUT2D eigenvalue weighted by Gasteiger charge is 2.49. The van der Waals surface area contributed by atoms with E-state index in [1.807, 2.05) is 18.2 Å². The number of benzene rings is 1. The predicted octanol–water partition coefficient (Wildman–Crippen LogP) is 2.17. The smallest absolute Gasteiger partial charge is 0.338 e. The highest BCUT2D eigenvalue weighted by atomic mass is 19.1. The van der Waals surface area contributed by atoms with Crippen LogP contribution < -0.4 is 5.32 Å². The molecule has 2 aromatic rings. The fourth-order valence-corrected chi connectivity index (χ4v) is 4.85. The Hall–Kier alpha value is -3.10. The van der Waals surface area contributed by atoms with Crippen molar-refractivity contribution in [3.05, 3.63) is 76.5 Å². The molecule has 32 heavy (non-hydrogen) atoms. The molecule has 1 aliphatic carbocycles. The van der Waals surface area contributed by atoms with Gasteiger partial charge in [0.25, 0.3) is 0 Å². The molecule has 0 saturated carbocycles. The van der Waals surface area contributed by atoms with Crippen LogP contribution in [0.1, 0.15) is 23.2 Å². The molecule has 1 atom stereocenters. The SMILES string of the molecule is COC(=O)C1=C(CN2CCOCC2)NC(c2ccccn2)=NC12CCc1cc(F)ccc12. The normalized spacial score (nSPS) is 23.0. The van der Waals surface area contributed by atoms with Crippen LogP contribution in [0.25, 0.3) is 0 Å². The standard InChI is InChI=1S/C24H25FN4O3/c1-31-23(30)21-20(15-29-10-12-32-13-11-29)27-22(19-4-2-3-9-26-19)28-24(21)8-7-16-14-17(25)5-6-18(16)24/h2-6,9,14H,7-8,10-13,15H2,1H3,(H,27,28). The van der Waals surface area contributed by atoms with Crippen molar-refractivity contribution in [3.63, 3.8) is 0 Å². The zero-order valence-corrected chi connectivity index (χ0v) is 17.9. The van der Waals surface area contributed by atoms with Crippen molar-refractivity contribution in [2.75, 3.05) is 40.0 Å². The predicted molar refractivity (Wildman–Crippen MR) is 117 cm³/mol. The number of nitrogens with one attached hydrogen (secondary N) is 1. The summed E-state index contributed by atoms with van der Waals surface area (Å²) in [6.45, 7) is 3.36. The summed E-state index contributed by atoms with van der Waals surface area (Å²) in [5, 5.41) is 3.39. The number of aryl methyl sites for hydroxylation is 1. The van der Waals surface area contributed by atoms with Crippen molar-refractivity contribution in [3.8, 4) is 0 Å². The van der Waals surface area contributed by atoms with Gasteiger partial charge < -0.3 is 14.8 Å². The van der Waals surface area contributed by atoms with E-state index >= 15 is 0 Å². The first-order valence-corrected chi connectivity index (χ1v) is 10.8. The monoisotopic (exact) mass is 436 g/mol. The first-order chi connectivity index (χ1) is 15.6. The number of methoxy groups -OCH3 is 1. The van der Waals surface area contributed by atoms with Crippen LogP contribution in [-0.2, 0) is 26.2 Å². The maximum Gasteiger partial charge on any atom is 0.338 e. The van der Waals surface area contributed by atoms with E-state index in [2.05, 4.69) is 15.2 Å². The second-order valence-electron chi connectivity index (χ2n) is 8.20. The number of carbonyl (C=O) groups excluding carboxylic acids is 1. The Labute approximate surface area is 186 Å². The first-order valence-electron chi connectivity index (χ1n) is 10.8. The molecular formula is C24H25FN4O3. The van der Waals surface area contributed by atoms with Gasteiger partial charge in [-0.2, -0.15) is 0 Å². The molecule has 8 heteroatoms. The number of aromatic nitrogens is 1. The van der Waals surface area contributed by atoms with Crippen LogP contribution in [0.2, 0.25) is 0 Å². The molecule has 3 aliphatic rings. The van der Waals surface area contributed by atoms with Gasteiger partial charge in [-0.3, -0.25) is 9.88 Å². The number of fused-ring (bicyclic) bond motifs is 2. The fourth-order valence-electron chi connectivity index (χ4n) is 4.85. The van der Waals surface area contributed by atoms with Crippen LogP contribution in [0.15, 0.2) is 58.9 Å². The zero-order chi connectivity index (χ0) is 22.1. The summed E-state index contributed by atoms with van der Waals surface area (Å²) < 4.78 is 24.7.